The highest BCUT2D eigenvalue weighted by Gasteiger charge is 2.23. The molecule has 0 bridgehead atoms. The standard InChI is InChI=1S/C19H18ClNO3/c1-3-21-17(14-9-5-4-6-10-14)19(24-13(2)22)18(23)15-11-7-8-12-16(15)20/h4-12,21H,3H2,1-2H3/b19-17+. The van der Waals surface area contributed by atoms with Gasteiger partial charge in [0.15, 0.2) is 0 Å². The SMILES string of the molecule is CCN/C(=C(/OC(C)=O)C(=O)c1ccccc1Cl)c1ccccc1. The summed E-state index contributed by atoms with van der Waals surface area (Å²) in [6.07, 6.45) is 0. The summed E-state index contributed by atoms with van der Waals surface area (Å²) in [6.45, 7) is 3.72. The van der Waals surface area contributed by atoms with Crippen LogP contribution >= 0.6 is 11.6 Å². The van der Waals surface area contributed by atoms with Crippen LogP contribution in [0.5, 0.6) is 0 Å². The second-order valence-electron chi connectivity index (χ2n) is 5.00. The van der Waals surface area contributed by atoms with Gasteiger partial charge in [-0.05, 0) is 19.1 Å². The average molecular weight is 344 g/mol. The maximum absolute atomic E-state index is 12.9. The lowest BCUT2D eigenvalue weighted by Crippen LogP contribution is -2.20. The van der Waals surface area contributed by atoms with Crippen molar-refractivity contribution in [2.75, 3.05) is 6.54 Å². The summed E-state index contributed by atoms with van der Waals surface area (Å²) >= 11 is 6.12. The summed E-state index contributed by atoms with van der Waals surface area (Å²) in [5.74, 6) is -1.09. The minimum absolute atomic E-state index is 0.0661. The number of carbonyl (C=O) groups is 2. The summed E-state index contributed by atoms with van der Waals surface area (Å²) < 4.78 is 5.26. The van der Waals surface area contributed by atoms with Crippen molar-refractivity contribution in [1.29, 1.82) is 0 Å². The summed E-state index contributed by atoms with van der Waals surface area (Å²) in [5, 5.41) is 3.41. The third kappa shape index (κ3) is 4.24. The number of esters is 1. The van der Waals surface area contributed by atoms with Crippen molar-refractivity contribution >= 4 is 29.1 Å². The molecule has 0 radical (unpaired) electrons. The Morgan fingerprint density at radius 2 is 1.67 bits per heavy atom. The van der Waals surface area contributed by atoms with E-state index in [4.69, 9.17) is 16.3 Å². The molecule has 0 heterocycles. The number of ketones is 1. The van der Waals surface area contributed by atoms with Gasteiger partial charge in [0.25, 0.3) is 0 Å². The van der Waals surface area contributed by atoms with Crippen molar-refractivity contribution in [3.8, 4) is 0 Å². The molecule has 0 spiro atoms. The number of rotatable bonds is 6. The van der Waals surface area contributed by atoms with Crippen molar-refractivity contribution < 1.29 is 14.3 Å². The lowest BCUT2D eigenvalue weighted by molar-refractivity contribution is -0.136. The first-order valence-corrected chi connectivity index (χ1v) is 7.93. The molecule has 2 rings (SSSR count). The van der Waals surface area contributed by atoms with Crippen LogP contribution in [-0.2, 0) is 9.53 Å². The van der Waals surface area contributed by atoms with Gasteiger partial charge in [0, 0.05) is 24.6 Å². The first-order valence-electron chi connectivity index (χ1n) is 7.55. The van der Waals surface area contributed by atoms with E-state index in [-0.39, 0.29) is 11.3 Å². The number of nitrogens with one attached hydrogen (secondary N) is 1. The van der Waals surface area contributed by atoms with Gasteiger partial charge in [-0.2, -0.15) is 0 Å². The van der Waals surface area contributed by atoms with Crippen molar-refractivity contribution in [2.24, 2.45) is 0 Å². The fourth-order valence-corrected chi connectivity index (χ4v) is 2.44. The predicted molar refractivity (Wildman–Crippen MR) is 94.6 cm³/mol. The Morgan fingerprint density at radius 1 is 1.04 bits per heavy atom. The first-order chi connectivity index (χ1) is 11.5. The van der Waals surface area contributed by atoms with Crippen LogP contribution in [-0.4, -0.2) is 18.3 Å². The Kier molecular flexibility index (Phi) is 6.15. The summed E-state index contributed by atoms with van der Waals surface area (Å²) in [7, 11) is 0. The molecule has 0 atom stereocenters. The number of carbonyl (C=O) groups excluding carboxylic acids is 2. The van der Waals surface area contributed by atoms with E-state index in [0.29, 0.717) is 17.3 Å². The predicted octanol–water partition coefficient (Wildman–Crippen LogP) is 4.06. The van der Waals surface area contributed by atoms with Crippen molar-refractivity contribution in [2.45, 2.75) is 13.8 Å². The third-order valence-electron chi connectivity index (χ3n) is 3.21. The molecule has 0 unspecified atom stereocenters. The van der Waals surface area contributed by atoms with Gasteiger partial charge in [0.2, 0.25) is 11.5 Å². The highest BCUT2D eigenvalue weighted by atomic mass is 35.5. The lowest BCUT2D eigenvalue weighted by atomic mass is 10.0. The fourth-order valence-electron chi connectivity index (χ4n) is 2.22. The molecule has 0 saturated heterocycles. The minimum atomic E-state index is -0.572. The zero-order chi connectivity index (χ0) is 17.5. The fraction of sp³-hybridized carbons (Fsp3) is 0.158. The highest BCUT2D eigenvalue weighted by Crippen LogP contribution is 2.24. The van der Waals surface area contributed by atoms with E-state index in [1.165, 1.54) is 6.92 Å². The maximum Gasteiger partial charge on any atom is 0.308 e. The molecule has 0 aliphatic heterocycles. The van der Waals surface area contributed by atoms with Gasteiger partial charge in [0.05, 0.1) is 10.7 Å². The summed E-state index contributed by atoms with van der Waals surface area (Å²) in [6, 6.07) is 15.9. The average Bonchev–Trinajstić information content (AvgIpc) is 2.58. The van der Waals surface area contributed by atoms with Crippen LogP contribution in [0.15, 0.2) is 60.4 Å². The van der Waals surface area contributed by atoms with Gasteiger partial charge >= 0.3 is 5.97 Å². The molecular weight excluding hydrogens is 326 g/mol. The molecule has 4 nitrogen and oxygen atoms in total. The van der Waals surface area contributed by atoms with Crippen molar-refractivity contribution in [3.05, 3.63) is 76.5 Å². The normalized spacial score (nSPS) is 11.5. The molecule has 0 aliphatic carbocycles. The highest BCUT2D eigenvalue weighted by molar-refractivity contribution is 6.35. The van der Waals surface area contributed by atoms with Crippen LogP contribution in [0.2, 0.25) is 5.02 Å². The maximum atomic E-state index is 12.9. The van der Waals surface area contributed by atoms with Gasteiger partial charge in [0.1, 0.15) is 0 Å². The van der Waals surface area contributed by atoms with E-state index in [1.807, 2.05) is 37.3 Å². The third-order valence-corrected chi connectivity index (χ3v) is 3.54. The van der Waals surface area contributed by atoms with Gasteiger partial charge in [-0.25, -0.2) is 0 Å². The van der Waals surface area contributed by atoms with Crippen LogP contribution in [0.4, 0.5) is 0 Å². The Labute approximate surface area is 146 Å². The van der Waals surface area contributed by atoms with E-state index < -0.39 is 11.8 Å². The number of ether oxygens (including phenoxy) is 1. The van der Waals surface area contributed by atoms with Gasteiger partial charge in [-0.3, -0.25) is 9.59 Å². The Bertz CT molecular complexity index is 769. The number of hydrogen-bond acceptors (Lipinski definition) is 4. The molecule has 2 aromatic rings. The molecule has 0 fully saturated rings. The van der Waals surface area contributed by atoms with Crippen LogP contribution in [0.3, 0.4) is 0 Å². The summed E-state index contributed by atoms with van der Waals surface area (Å²) in [5.41, 5.74) is 1.48. The number of Topliss-reactive ketones (excluding diaryl/α,β-unsaturated/α-hetero) is 1. The second-order valence-corrected chi connectivity index (χ2v) is 5.41. The van der Waals surface area contributed by atoms with Crippen LogP contribution in [0.25, 0.3) is 5.70 Å². The van der Waals surface area contributed by atoms with Gasteiger partial charge in [-0.1, -0.05) is 54.1 Å². The molecule has 2 aromatic carbocycles. The van der Waals surface area contributed by atoms with Crippen LogP contribution in [0.1, 0.15) is 29.8 Å². The molecule has 5 heteroatoms. The number of allylic oxidation sites excluding steroid dienone is 1. The van der Waals surface area contributed by atoms with E-state index in [2.05, 4.69) is 5.32 Å². The van der Waals surface area contributed by atoms with Gasteiger partial charge in [-0.15, -0.1) is 0 Å². The molecule has 1 N–H and O–H groups in total. The molecule has 0 amide bonds. The number of hydrogen-bond donors (Lipinski definition) is 1. The zero-order valence-corrected chi connectivity index (χ0v) is 14.3. The molecule has 124 valence electrons. The van der Waals surface area contributed by atoms with Gasteiger partial charge < -0.3 is 10.1 Å². The molecule has 24 heavy (non-hydrogen) atoms. The first kappa shape index (κ1) is 17.8. The Balaban J connectivity index is 2.62. The van der Waals surface area contributed by atoms with E-state index in [0.717, 1.165) is 5.56 Å². The smallest absolute Gasteiger partial charge is 0.308 e. The van der Waals surface area contributed by atoms with Crippen LogP contribution < -0.4 is 5.32 Å². The molecule has 0 saturated carbocycles. The Morgan fingerprint density at radius 3 is 2.25 bits per heavy atom. The molecule has 0 aliphatic rings. The largest absolute Gasteiger partial charge is 0.420 e. The lowest BCUT2D eigenvalue weighted by Gasteiger charge is -2.16. The van der Waals surface area contributed by atoms with E-state index >= 15 is 0 Å². The molecular formula is C19H18ClNO3. The van der Waals surface area contributed by atoms with Crippen LogP contribution in [0, 0.1) is 0 Å². The minimum Gasteiger partial charge on any atom is -0.420 e. The number of benzene rings is 2. The van der Waals surface area contributed by atoms with E-state index in [1.54, 1.807) is 24.3 Å². The molecule has 0 aromatic heterocycles. The monoisotopic (exact) mass is 343 g/mol. The van der Waals surface area contributed by atoms with Crippen molar-refractivity contribution in [1.82, 2.24) is 5.32 Å². The summed E-state index contributed by atoms with van der Waals surface area (Å²) in [4.78, 5) is 24.5. The second kappa shape index (κ2) is 8.31. The zero-order valence-electron chi connectivity index (χ0n) is 13.5. The number of halogens is 1. The quantitative estimate of drug-likeness (QED) is 0.372. The Hall–Kier alpha value is -2.59. The topological polar surface area (TPSA) is 55.4 Å². The van der Waals surface area contributed by atoms with Crippen molar-refractivity contribution in [3.63, 3.8) is 0 Å². The van der Waals surface area contributed by atoms with E-state index in [9.17, 15) is 9.59 Å².